The van der Waals surface area contributed by atoms with Gasteiger partial charge in [0.15, 0.2) is 11.6 Å². The van der Waals surface area contributed by atoms with Crippen LogP contribution in [0.5, 0.6) is 0 Å². The highest BCUT2D eigenvalue weighted by Crippen LogP contribution is 2.28. The maximum Gasteiger partial charge on any atom is 0.194 e. The van der Waals surface area contributed by atoms with Gasteiger partial charge in [-0.3, -0.25) is 14.5 Å². The van der Waals surface area contributed by atoms with Gasteiger partial charge in [-0.2, -0.15) is 0 Å². The van der Waals surface area contributed by atoms with Gasteiger partial charge in [0, 0.05) is 28.8 Å². The van der Waals surface area contributed by atoms with Crippen LogP contribution in [0.25, 0.3) is 0 Å². The predicted octanol–water partition coefficient (Wildman–Crippen LogP) is 4.86. The van der Waals surface area contributed by atoms with Crippen LogP contribution in [0.1, 0.15) is 76.9 Å². The van der Waals surface area contributed by atoms with Crippen molar-refractivity contribution in [2.24, 2.45) is 0 Å². The van der Waals surface area contributed by atoms with Crippen LogP contribution in [0.15, 0.2) is 42.5 Å². The summed E-state index contributed by atoms with van der Waals surface area (Å²) >= 11 is 0. The Morgan fingerprint density at radius 2 is 1.27 bits per heavy atom. The SMILES string of the molecule is CCCCN(CCCC)Cc1ccc2c(c1)C(=O)c1ccccc1C2=O. The molecular formula is C23H27NO2. The molecule has 0 saturated carbocycles. The van der Waals surface area contributed by atoms with Gasteiger partial charge in [-0.05, 0) is 43.6 Å². The van der Waals surface area contributed by atoms with Crippen molar-refractivity contribution in [1.29, 1.82) is 0 Å². The number of hydrogen-bond donors (Lipinski definition) is 0. The van der Waals surface area contributed by atoms with Gasteiger partial charge in [0.2, 0.25) is 0 Å². The first-order chi connectivity index (χ1) is 12.7. The Morgan fingerprint density at radius 3 is 1.85 bits per heavy atom. The van der Waals surface area contributed by atoms with Gasteiger partial charge in [0.05, 0.1) is 0 Å². The van der Waals surface area contributed by atoms with E-state index in [9.17, 15) is 9.59 Å². The second-order valence-corrected chi connectivity index (χ2v) is 7.07. The molecule has 1 aliphatic carbocycles. The van der Waals surface area contributed by atoms with Crippen LogP contribution in [-0.4, -0.2) is 29.6 Å². The number of nitrogens with zero attached hydrogens (tertiary/aromatic N) is 1. The maximum atomic E-state index is 12.9. The summed E-state index contributed by atoms with van der Waals surface area (Å²) in [5.74, 6) is -0.0821. The number of ketones is 2. The molecule has 0 amide bonds. The molecule has 136 valence electrons. The highest BCUT2D eigenvalue weighted by molar-refractivity contribution is 6.28. The van der Waals surface area contributed by atoms with E-state index in [1.54, 1.807) is 12.1 Å². The lowest BCUT2D eigenvalue weighted by atomic mass is 9.83. The lowest BCUT2D eigenvalue weighted by Gasteiger charge is -2.23. The smallest absolute Gasteiger partial charge is 0.194 e. The Balaban J connectivity index is 1.86. The van der Waals surface area contributed by atoms with E-state index < -0.39 is 0 Å². The molecule has 2 aromatic rings. The average molecular weight is 349 g/mol. The maximum absolute atomic E-state index is 12.9. The summed E-state index contributed by atoms with van der Waals surface area (Å²) in [5.41, 5.74) is 3.24. The molecule has 2 aromatic carbocycles. The van der Waals surface area contributed by atoms with Crippen molar-refractivity contribution in [2.75, 3.05) is 13.1 Å². The topological polar surface area (TPSA) is 37.4 Å². The molecule has 3 nitrogen and oxygen atoms in total. The summed E-state index contributed by atoms with van der Waals surface area (Å²) in [6.07, 6.45) is 4.71. The number of benzene rings is 2. The molecular weight excluding hydrogens is 322 g/mol. The summed E-state index contributed by atoms with van der Waals surface area (Å²) in [7, 11) is 0. The molecule has 0 spiro atoms. The largest absolute Gasteiger partial charge is 0.299 e. The van der Waals surface area contributed by atoms with Crippen LogP contribution in [-0.2, 0) is 6.54 Å². The fraction of sp³-hybridized carbons (Fsp3) is 0.391. The van der Waals surface area contributed by atoms with Crippen molar-refractivity contribution in [3.8, 4) is 0 Å². The zero-order chi connectivity index (χ0) is 18.5. The molecule has 3 heteroatoms. The molecule has 0 bridgehead atoms. The normalized spacial score (nSPS) is 13.0. The van der Waals surface area contributed by atoms with Crippen LogP contribution >= 0.6 is 0 Å². The van der Waals surface area contributed by atoms with Crippen molar-refractivity contribution >= 4 is 11.6 Å². The van der Waals surface area contributed by atoms with Crippen LogP contribution in [0.2, 0.25) is 0 Å². The summed E-state index contributed by atoms with van der Waals surface area (Å²) in [4.78, 5) is 28.0. The number of hydrogen-bond acceptors (Lipinski definition) is 3. The van der Waals surface area contributed by atoms with E-state index in [0.29, 0.717) is 22.3 Å². The van der Waals surface area contributed by atoms with Crippen LogP contribution in [0.3, 0.4) is 0 Å². The zero-order valence-electron chi connectivity index (χ0n) is 15.8. The molecule has 26 heavy (non-hydrogen) atoms. The number of carbonyl (C=O) groups excluding carboxylic acids is 2. The van der Waals surface area contributed by atoms with Crippen molar-refractivity contribution in [2.45, 2.75) is 46.1 Å². The summed E-state index contributed by atoms with van der Waals surface area (Å²) < 4.78 is 0. The lowest BCUT2D eigenvalue weighted by molar-refractivity contribution is 0.0979. The Bertz CT molecular complexity index is 802. The van der Waals surface area contributed by atoms with E-state index in [4.69, 9.17) is 0 Å². The minimum absolute atomic E-state index is 0.0364. The first kappa shape index (κ1) is 18.5. The Morgan fingerprint density at radius 1 is 0.731 bits per heavy atom. The quantitative estimate of drug-likeness (QED) is 0.582. The van der Waals surface area contributed by atoms with E-state index in [-0.39, 0.29) is 11.6 Å². The number of fused-ring (bicyclic) bond motifs is 2. The summed E-state index contributed by atoms with van der Waals surface area (Å²) in [6.45, 7) is 7.39. The fourth-order valence-corrected chi connectivity index (χ4v) is 3.54. The van der Waals surface area contributed by atoms with Gasteiger partial charge in [-0.25, -0.2) is 0 Å². The molecule has 1 aliphatic rings. The average Bonchev–Trinajstić information content (AvgIpc) is 2.68. The van der Waals surface area contributed by atoms with Gasteiger partial charge in [0.25, 0.3) is 0 Å². The number of rotatable bonds is 8. The molecule has 0 atom stereocenters. The van der Waals surface area contributed by atoms with E-state index >= 15 is 0 Å². The third-order valence-electron chi connectivity index (χ3n) is 5.05. The first-order valence-corrected chi connectivity index (χ1v) is 9.69. The third-order valence-corrected chi connectivity index (χ3v) is 5.05. The highest BCUT2D eigenvalue weighted by Gasteiger charge is 2.29. The second-order valence-electron chi connectivity index (χ2n) is 7.07. The molecule has 0 unspecified atom stereocenters. The summed E-state index contributed by atoms with van der Waals surface area (Å²) in [6, 6.07) is 12.9. The molecule has 0 aliphatic heterocycles. The Labute approximate surface area is 156 Å². The van der Waals surface area contributed by atoms with E-state index in [1.165, 1.54) is 25.7 Å². The summed E-state index contributed by atoms with van der Waals surface area (Å²) in [5, 5.41) is 0. The molecule has 0 saturated heterocycles. The van der Waals surface area contributed by atoms with Gasteiger partial charge in [-0.15, -0.1) is 0 Å². The first-order valence-electron chi connectivity index (χ1n) is 9.69. The minimum atomic E-state index is -0.0458. The third kappa shape index (κ3) is 3.78. The van der Waals surface area contributed by atoms with E-state index in [1.807, 2.05) is 30.3 Å². The van der Waals surface area contributed by atoms with Crippen LogP contribution in [0.4, 0.5) is 0 Å². The van der Waals surface area contributed by atoms with Gasteiger partial charge >= 0.3 is 0 Å². The molecule has 0 aromatic heterocycles. The van der Waals surface area contributed by atoms with Crippen molar-refractivity contribution in [1.82, 2.24) is 4.90 Å². The standard InChI is InChI=1S/C23H27NO2/c1-3-5-13-24(14-6-4-2)16-17-11-12-20-21(15-17)23(26)19-10-8-7-9-18(19)22(20)25/h7-12,15H,3-6,13-14,16H2,1-2H3. The molecule has 0 N–H and O–H groups in total. The monoisotopic (exact) mass is 349 g/mol. The van der Waals surface area contributed by atoms with Crippen LogP contribution < -0.4 is 0 Å². The molecule has 3 rings (SSSR count). The van der Waals surface area contributed by atoms with Crippen molar-refractivity contribution < 1.29 is 9.59 Å². The number of carbonyl (C=O) groups is 2. The fourth-order valence-electron chi connectivity index (χ4n) is 3.54. The lowest BCUT2D eigenvalue weighted by Crippen LogP contribution is -2.26. The minimum Gasteiger partial charge on any atom is -0.299 e. The Hall–Kier alpha value is -2.26. The van der Waals surface area contributed by atoms with Crippen molar-refractivity contribution in [3.05, 3.63) is 70.3 Å². The zero-order valence-corrected chi connectivity index (χ0v) is 15.8. The predicted molar refractivity (Wildman–Crippen MR) is 105 cm³/mol. The van der Waals surface area contributed by atoms with E-state index in [0.717, 1.165) is 25.2 Å². The molecule has 0 radical (unpaired) electrons. The van der Waals surface area contributed by atoms with Gasteiger partial charge in [-0.1, -0.05) is 57.0 Å². The molecule has 0 fully saturated rings. The van der Waals surface area contributed by atoms with Gasteiger partial charge < -0.3 is 0 Å². The van der Waals surface area contributed by atoms with Crippen molar-refractivity contribution in [3.63, 3.8) is 0 Å². The van der Waals surface area contributed by atoms with Gasteiger partial charge in [0.1, 0.15) is 0 Å². The van der Waals surface area contributed by atoms with E-state index in [2.05, 4.69) is 18.7 Å². The molecule has 0 heterocycles. The Kier molecular flexibility index (Phi) is 6.00. The van der Waals surface area contributed by atoms with Crippen LogP contribution in [0, 0.1) is 0 Å². The second kappa shape index (κ2) is 8.41. The highest BCUT2D eigenvalue weighted by atomic mass is 16.1. The number of unbranched alkanes of at least 4 members (excludes halogenated alkanes) is 2.